The van der Waals surface area contributed by atoms with Gasteiger partial charge in [-0.05, 0) is 105 Å². The van der Waals surface area contributed by atoms with E-state index in [0.717, 1.165) is 61.8 Å². The molecule has 6 rings (SSSR count). The van der Waals surface area contributed by atoms with Crippen molar-refractivity contribution in [3.63, 3.8) is 0 Å². The Bertz CT molecular complexity index is 1280. The Morgan fingerprint density at radius 3 is 2.79 bits per heavy atom. The number of rotatable bonds is 3. The molecule has 0 bridgehead atoms. The van der Waals surface area contributed by atoms with E-state index in [1.807, 2.05) is 54.6 Å². The number of aliphatic hydroxyl groups is 1. The van der Waals surface area contributed by atoms with Crippen LogP contribution in [0.1, 0.15) is 55.8 Å². The van der Waals surface area contributed by atoms with Gasteiger partial charge in [-0.3, -0.25) is 9.97 Å². The minimum atomic E-state index is -0.584. The summed E-state index contributed by atoms with van der Waals surface area (Å²) >= 11 is 0. The first-order valence-electron chi connectivity index (χ1n) is 12.1. The summed E-state index contributed by atoms with van der Waals surface area (Å²) in [5, 5.41) is 16.9. The summed E-state index contributed by atoms with van der Waals surface area (Å²) < 4.78 is 2.02. The first-order valence-corrected chi connectivity index (χ1v) is 12.1. The molecule has 0 spiro atoms. The van der Waals surface area contributed by atoms with Crippen LogP contribution in [-0.4, -0.2) is 30.5 Å². The van der Waals surface area contributed by atoms with Crippen LogP contribution in [0.5, 0.6) is 0 Å². The number of hydrogen-bond donors (Lipinski definition) is 1. The zero-order valence-electron chi connectivity index (χ0n) is 19.1. The number of benzene rings is 1. The molecule has 2 aliphatic rings. The summed E-state index contributed by atoms with van der Waals surface area (Å²) in [5.41, 5.74) is 5.61. The standard InChI is InChI=1S/C28H30N4O/c1-27(33)10-11-28(18-23-7-2-3-12-30-23)22(17-27)6-4-5-20-16-26-21(15-25(20)28)19-31-32(26)24-8-13-29-14-9-24/h2-3,7-9,12-16,19,22,33H,4-6,10-11,17-18H2,1H3/t22-,27+,28-/m0/s1. The minimum absolute atomic E-state index is 0.00458. The lowest BCUT2D eigenvalue weighted by atomic mass is 9.56. The molecule has 3 heterocycles. The molecule has 0 radical (unpaired) electrons. The number of fused-ring (bicyclic) bond motifs is 4. The smallest absolute Gasteiger partial charge is 0.0744 e. The summed E-state index contributed by atoms with van der Waals surface area (Å²) in [6.45, 7) is 2.02. The highest BCUT2D eigenvalue weighted by atomic mass is 16.3. The molecule has 33 heavy (non-hydrogen) atoms. The van der Waals surface area contributed by atoms with Gasteiger partial charge in [0.25, 0.3) is 0 Å². The maximum atomic E-state index is 11.0. The number of nitrogens with zero attached hydrogens (tertiary/aromatic N) is 4. The fraction of sp³-hybridized carbons (Fsp3) is 0.393. The van der Waals surface area contributed by atoms with Crippen molar-refractivity contribution in [2.75, 3.05) is 0 Å². The third kappa shape index (κ3) is 3.55. The van der Waals surface area contributed by atoms with E-state index in [-0.39, 0.29) is 5.41 Å². The molecule has 5 nitrogen and oxygen atoms in total. The Hall–Kier alpha value is -3.05. The SMILES string of the molecule is C[C@@]1(O)CC[C@@]2(Cc3ccccn3)c3cc4cnn(-c5ccncc5)c4cc3CCC[C@H]2C1. The molecular weight excluding hydrogens is 408 g/mol. The van der Waals surface area contributed by atoms with Gasteiger partial charge in [0.2, 0.25) is 0 Å². The number of aromatic nitrogens is 4. The molecule has 1 N–H and O–H groups in total. The highest BCUT2D eigenvalue weighted by Crippen LogP contribution is 2.53. The fourth-order valence-electron chi connectivity index (χ4n) is 6.43. The van der Waals surface area contributed by atoms with Crippen molar-refractivity contribution in [2.45, 2.75) is 62.9 Å². The van der Waals surface area contributed by atoms with Crippen LogP contribution < -0.4 is 0 Å². The molecule has 1 fully saturated rings. The topological polar surface area (TPSA) is 63.8 Å². The predicted octanol–water partition coefficient (Wildman–Crippen LogP) is 5.18. The van der Waals surface area contributed by atoms with E-state index in [2.05, 4.69) is 29.2 Å². The molecule has 0 aliphatic heterocycles. The first kappa shape index (κ1) is 20.5. The van der Waals surface area contributed by atoms with Gasteiger partial charge in [0.1, 0.15) is 0 Å². The van der Waals surface area contributed by atoms with E-state index in [1.54, 1.807) is 0 Å². The van der Waals surface area contributed by atoms with Gasteiger partial charge in [0.15, 0.2) is 0 Å². The Kier molecular flexibility index (Phi) is 4.84. The van der Waals surface area contributed by atoms with Crippen molar-refractivity contribution in [3.05, 3.63) is 84.1 Å². The summed E-state index contributed by atoms with van der Waals surface area (Å²) in [6.07, 6.45) is 14.5. The maximum absolute atomic E-state index is 11.0. The van der Waals surface area contributed by atoms with Crippen LogP contribution in [0.4, 0.5) is 0 Å². The number of aryl methyl sites for hydroxylation is 1. The molecule has 1 aromatic carbocycles. The second-order valence-corrected chi connectivity index (χ2v) is 10.3. The molecule has 3 aromatic heterocycles. The van der Waals surface area contributed by atoms with Gasteiger partial charge in [-0.15, -0.1) is 0 Å². The van der Waals surface area contributed by atoms with Crippen molar-refractivity contribution in [2.24, 2.45) is 5.92 Å². The third-order valence-corrected chi connectivity index (χ3v) is 8.04. The summed E-state index contributed by atoms with van der Waals surface area (Å²) in [5.74, 6) is 0.442. The van der Waals surface area contributed by atoms with Crippen LogP contribution in [0.25, 0.3) is 16.6 Å². The van der Waals surface area contributed by atoms with Crippen LogP contribution in [0.3, 0.4) is 0 Å². The van der Waals surface area contributed by atoms with Crippen LogP contribution in [0.15, 0.2) is 67.3 Å². The van der Waals surface area contributed by atoms with Gasteiger partial charge in [-0.2, -0.15) is 5.10 Å². The number of pyridine rings is 2. The van der Waals surface area contributed by atoms with E-state index in [1.165, 1.54) is 16.5 Å². The quantitative estimate of drug-likeness (QED) is 0.478. The van der Waals surface area contributed by atoms with Gasteiger partial charge in [-0.25, -0.2) is 4.68 Å². The highest BCUT2D eigenvalue weighted by Gasteiger charge is 2.49. The van der Waals surface area contributed by atoms with Crippen LogP contribution >= 0.6 is 0 Å². The second-order valence-electron chi connectivity index (χ2n) is 10.3. The lowest BCUT2D eigenvalue weighted by Crippen LogP contribution is -2.48. The average Bonchev–Trinajstić information content (AvgIpc) is 3.18. The Balaban J connectivity index is 1.53. The van der Waals surface area contributed by atoms with E-state index < -0.39 is 5.60 Å². The maximum Gasteiger partial charge on any atom is 0.0744 e. The Labute approximate surface area is 194 Å². The minimum Gasteiger partial charge on any atom is -0.390 e. The summed E-state index contributed by atoms with van der Waals surface area (Å²) in [7, 11) is 0. The van der Waals surface area contributed by atoms with E-state index in [0.29, 0.717) is 5.92 Å². The van der Waals surface area contributed by atoms with E-state index in [4.69, 9.17) is 10.1 Å². The largest absolute Gasteiger partial charge is 0.390 e. The Morgan fingerprint density at radius 1 is 1.09 bits per heavy atom. The molecular formula is C28H30N4O. The normalized spacial score (nSPS) is 27.0. The molecule has 3 atom stereocenters. The van der Waals surface area contributed by atoms with Gasteiger partial charge >= 0.3 is 0 Å². The first-order chi connectivity index (χ1) is 16.0. The van der Waals surface area contributed by atoms with Crippen molar-refractivity contribution in [1.29, 1.82) is 0 Å². The highest BCUT2D eigenvalue weighted by molar-refractivity contribution is 5.82. The predicted molar refractivity (Wildman–Crippen MR) is 129 cm³/mol. The molecule has 2 aliphatic carbocycles. The zero-order valence-corrected chi connectivity index (χ0v) is 19.1. The van der Waals surface area contributed by atoms with Crippen molar-refractivity contribution in [3.8, 4) is 5.69 Å². The van der Waals surface area contributed by atoms with Gasteiger partial charge in [-0.1, -0.05) is 6.07 Å². The van der Waals surface area contributed by atoms with Crippen LogP contribution in [0, 0.1) is 5.92 Å². The third-order valence-electron chi connectivity index (χ3n) is 8.04. The Morgan fingerprint density at radius 2 is 1.97 bits per heavy atom. The van der Waals surface area contributed by atoms with Crippen molar-refractivity contribution >= 4 is 10.9 Å². The molecule has 0 saturated heterocycles. The molecule has 0 unspecified atom stereocenters. The van der Waals surface area contributed by atoms with Gasteiger partial charge < -0.3 is 5.11 Å². The number of hydrogen-bond acceptors (Lipinski definition) is 4. The average molecular weight is 439 g/mol. The van der Waals surface area contributed by atoms with Crippen molar-refractivity contribution in [1.82, 2.24) is 19.7 Å². The lowest BCUT2D eigenvalue weighted by molar-refractivity contribution is -0.0332. The molecule has 4 aromatic rings. The fourth-order valence-corrected chi connectivity index (χ4v) is 6.43. The molecule has 5 heteroatoms. The van der Waals surface area contributed by atoms with Crippen LogP contribution in [0.2, 0.25) is 0 Å². The lowest BCUT2D eigenvalue weighted by Gasteiger charge is -2.49. The summed E-state index contributed by atoms with van der Waals surface area (Å²) in [4.78, 5) is 8.88. The molecule has 0 amide bonds. The van der Waals surface area contributed by atoms with Gasteiger partial charge in [0, 0.05) is 35.1 Å². The zero-order chi connectivity index (χ0) is 22.5. The van der Waals surface area contributed by atoms with E-state index >= 15 is 0 Å². The van der Waals surface area contributed by atoms with E-state index in [9.17, 15) is 5.11 Å². The molecule has 1 saturated carbocycles. The van der Waals surface area contributed by atoms with Crippen LogP contribution in [-0.2, 0) is 18.3 Å². The molecule has 168 valence electrons. The van der Waals surface area contributed by atoms with Gasteiger partial charge in [0.05, 0.1) is 23.0 Å². The monoisotopic (exact) mass is 438 g/mol. The summed E-state index contributed by atoms with van der Waals surface area (Å²) in [6, 6.07) is 15.0. The second kappa shape index (κ2) is 7.77. The van der Waals surface area contributed by atoms with Crippen molar-refractivity contribution < 1.29 is 5.11 Å².